The molecule has 0 unspecified atom stereocenters. The van der Waals surface area contributed by atoms with Gasteiger partial charge < -0.3 is 10.5 Å². The molecule has 3 rings (SSSR count). The molecular weight excluding hydrogens is 418 g/mol. The standard InChI is InChI=1S/C21H27N5O6/c1-2-3-12-24-19(22)18(20(28)23-21(24)29)25(14-8-4-5-9-14)17(27)13-32-16-11-7-6-10-15(16)26(30)31/h6-7,10-11,14H,2-5,8-9,12-13,22H2,1H3,(H,23,28,29). The molecule has 0 atom stereocenters. The number of nitrogens with one attached hydrogen (secondary N) is 1. The Morgan fingerprint density at radius 1 is 1.31 bits per heavy atom. The topological polar surface area (TPSA) is 154 Å². The van der Waals surface area contributed by atoms with E-state index in [1.807, 2.05) is 6.92 Å². The Bertz CT molecular complexity index is 1100. The summed E-state index contributed by atoms with van der Waals surface area (Å²) < 4.78 is 6.73. The van der Waals surface area contributed by atoms with E-state index in [2.05, 4.69) is 4.98 Å². The van der Waals surface area contributed by atoms with Crippen molar-refractivity contribution in [3.05, 3.63) is 55.2 Å². The number of hydrogen-bond acceptors (Lipinski definition) is 7. The number of anilines is 2. The van der Waals surface area contributed by atoms with E-state index < -0.39 is 28.7 Å². The third-order valence-electron chi connectivity index (χ3n) is 5.56. The second-order valence-corrected chi connectivity index (χ2v) is 7.71. The molecule has 1 aliphatic rings. The summed E-state index contributed by atoms with van der Waals surface area (Å²) in [4.78, 5) is 52.4. The normalized spacial score (nSPS) is 13.8. The predicted octanol–water partition coefficient (Wildman–Crippen LogP) is 2.18. The van der Waals surface area contributed by atoms with Gasteiger partial charge >= 0.3 is 11.4 Å². The number of H-pyrrole nitrogens is 1. The number of benzene rings is 1. The van der Waals surface area contributed by atoms with Gasteiger partial charge in [-0.3, -0.25) is 34.2 Å². The van der Waals surface area contributed by atoms with Crippen LogP contribution < -0.4 is 26.6 Å². The third kappa shape index (κ3) is 4.82. The number of unbranched alkanes of at least 4 members (excludes halogenated alkanes) is 1. The lowest BCUT2D eigenvalue weighted by Crippen LogP contribution is -2.47. The summed E-state index contributed by atoms with van der Waals surface area (Å²) in [5.74, 6) is -0.682. The van der Waals surface area contributed by atoms with Gasteiger partial charge in [-0.15, -0.1) is 0 Å². The van der Waals surface area contributed by atoms with E-state index in [0.717, 1.165) is 19.3 Å². The van der Waals surface area contributed by atoms with E-state index in [1.165, 1.54) is 27.7 Å². The van der Waals surface area contributed by atoms with Crippen LogP contribution in [0.5, 0.6) is 5.75 Å². The highest BCUT2D eigenvalue weighted by molar-refractivity contribution is 5.97. The van der Waals surface area contributed by atoms with Crippen LogP contribution in [0.2, 0.25) is 0 Å². The van der Waals surface area contributed by atoms with Crippen LogP contribution >= 0.6 is 0 Å². The van der Waals surface area contributed by atoms with Crippen LogP contribution in [0.15, 0.2) is 33.9 Å². The van der Waals surface area contributed by atoms with E-state index in [9.17, 15) is 24.5 Å². The molecule has 1 saturated carbocycles. The molecule has 11 nitrogen and oxygen atoms in total. The second-order valence-electron chi connectivity index (χ2n) is 7.71. The van der Waals surface area contributed by atoms with Gasteiger partial charge in [0.1, 0.15) is 5.82 Å². The minimum absolute atomic E-state index is 0.0491. The van der Waals surface area contributed by atoms with Crippen molar-refractivity contribution in [3.63, 3.8) is 0 Å². The Balaban J connectivity index is 1.96. The highest BCUT2D eigenvalue weighted by atomic mass is 16.6. The molecule has 0 bridgehead atoms. The third-order valence-corrected chi connectivity index (χ3v) is 5.56. The Morgan fingerprint density at radius 3 is 2.66 bits per heavy atom. The number of para-hydroxylation sites is 2. The first-order chi connectivity index (χ1) is 15.3. The second kappa shape index (κ2) is 10.1. The van der Waals surface area contributed by atoms with Gasteiger partial charge in [0.2, 0.25) is 0 Å². The smallest absolute Gasteiger partial charge is 0.330 e. The average Bonchev–Trinajstić information content (AvgIpc) is 3.29. The minimum atomic E-state index is -0.744. The summed E-state index contributed by atoms with van der Waals surface area (Å²) >= 11 is 0. The number of aromatic nitrogens is 2. The molecule has 0 saturated heterocycles. The van der Waals surface area contributed by atoms with Gasteiger partial charge in [0.15, 0.2) is 18.0 Å². The summed E-state index contributed by atoms with van der Waals surface area (Å²) in [7, 11) is 0. The van der Waals surface area contributed by atoms with Gasteiger partial charge in [-0.05, 0) is 25.3 Å². The summed E-state index contributed by atoms with van der Waals surface area (Å²) in [6.45, 7) is 1.75. The molecule has 1 heterocycles. The maximum atomic E-state index is 13.2. The monoisotopic (exact) mass is 445 g/mol. The predicted molar refractivity (Wildman–Crippen MR) is 119 cm³/mol. The van der Waals surface area contributed by atoms with Crippen LogP contribution in [0.4, 0.5) is 17.2 Å². The van der Waals surface area contributed by atoms with Crippen molar-refractivity contribution in [2.75, 3.05) is 17.2 Å². The van der Waals surface area contributed by atoms with Crippen LogP contribution in [0.3, 0.4) is 0 Å². The number of rotatable bonds is 9. The largest absolute Gasteiger partial charge is 0.477 e. The molecule has 3 N–H and O–H groups in total. The van der Waals surface area contributed by atoms with Crippen LogP contribution in [0.1, 0.15) is 45.4 Å². The SMILES string of the molecule is CCCCn1c(N)c(N(C(=O)COc2ccccc2[N+](=O)[O-])C2CCCC2)c(=O)[nH]c1=O. The number of amides is 1. The zero-order valence-corrected chi connectivity index (χ0v) is 17.9. The number of carbonyl (C=O) groups is 1. The maximum absolute atomic E-state index is 13.2. The molecule has 1 aromatic heterocycles. The number of aromatic amines is 1. The average molecular weight is 445 g/mol. The van der Waals surface area contributed by atoms with Crippen LogP contribution in [0.25, 0.3) is 0 Å². The van der Waals surface area contributed by atoms with Gasteiger partial charge in [0.25, 0.3) is 11.5 Å². The van der Waals surface area contributed by atoms with Crippen LogP contribution in [0, 0.1) is 10.1 Å². The lowest BCUT2D eigenvalue weighted by molar-refractivity contribution is -0.385. The molecule has 0 radical (unpaired) electrons. The van der Waals surface area contributed by atoms with E-state index >= 15 is 0 Å². The summed E-state index contributed by atoms with van der Waals surface area (Å²) in [5.41, 5.74) is 4.51. The quantitative estimate of drug-likeness (QED) is 0.443. The van der Waals surface area contributed by atoms with Gasteiger partial charge in [0, 0.05) is 18.7 Å². The summed E-state index contributed by atoms with van der Waals surface area (Å²) in [6.07, 6.45) is 4.59. The Kier molecular flexibility index (Phi) is 7.29. The van der Waals surface area contributed by atoms with Gasteiger partial charge in [-0.2, -0.15) is 0 Å². The molecule has 32 heavy (non-hydrogen) atoms. The van der Waals surface area contributed by atoms with Crippen molar-refractivity contribution in [1.29, 1.82) is 0 Å². The Labute approximate surface area is 183 Å². The van der Waals surface area contributed by atoms with Crippen molar-refractivity contribution in [2.45, 2.75) is 58.0 Å². The number of nitrogens with zero attached hydrogens (tertiary/aromatic N) is 3. The first-order valence-electron chi connectivity index (χ1n) is 10.7. The van der Waals surface area contributed by atoms with Crippen molar-refractivity contribution < 1.29 is 14.5 Å². The first kappa shape index (κ1) is 23.0. The zero-order chi connectivity index (χ0) is 23.3. The van der Waals surface area contributed by atoms with Gasteiger partial charge in [0.05, 0.1) is 4.92 Å². The summed E-state index contributed by atoms with van der Waals surface area (Å²) in [5, 5.41) is 11.2. The molecule has 11 heteroatoms. The summed E-state index contributed by atoms with van der Waals surface area (Å²) in [6, 6.07) is 5.46. The number of ether oxygens (including phenoxy) is 1. The van der Waals surface area contributed by atoms with Crippen molar-refractivity contribution in [1.82, 2.24) is 9.55 Å². The maximum Gasteiger partial charge on any atom is 0.330 e. The van der Waals surface area contributed by atoms with E-state index in [4.69, 9.17) is 10.5 Å². The lowest BCUT2D eigenvalue weighted by Gasteiger charge is -2.29. The highest BCUT2D eigenvalue weighted by Gasteiger charge is 2.33. The first-order valence-corrected chi connectivity index (χ1v) is 10.7. The molecule has 0 aliphatic heterocycles. The molecule has 0 spiro atoms. The molecule has 172 valence electrons. The van der Waals surface area contributed by atoms with Crippen molar-refractivity contribution in [2.24, 2.45) is 0 Å². The minimum Gasteiger partial charge on any atom is -0.477 e. The fourth-order valence-corrected chi connectivity index (χ4v) is 3.96. The highest BCUT2D eigenvalue weighted by Crippen LogP contribution is 2.30. The molecule has 2 aromatic rings. The van der Waals surface area contributed by atoms with Gasteiger partial charge in [-0.25, -0.2) is 4.79 Å². The van der Waals surface area contributed by atoms with Crippen LogP contribution in [-0.2, 0) is 11.3 Å². The molecule has 1 fully saturated rings. The zero-order valence-electron chi connectivity index (χ0n) is 17.9. The number of nitro benzene ring substituents is 1. The lowest BCUT2D eigenvalue weighted by atomic mass is 10.2. The number of nitro groups is 1. The Morgan fingerprint density at radius 2 is 2.00 bits per heavy atom. The Hall–Kier alpha value is -3.63. The number of nitrogen functional groups attached to an aromatic ring is 1. The number of hydrogen-bond donors (Lipinski definition) is 2. The molecule has 1 aromatic carbocycles. The van der Waals surface area contributed by atoms with Crippen LogP contribution in [-0.4, -0.2) is 33.0 Å². The fourth-order valence-electron chi connectivity index (χ4n) is 3.96. The number of carbonyl (C=O) groups excluding carboxylic acids is 1. The number of nitrogens with two attached hydrogens (primary N) is 1. The molecular formula is C21H27N5O6. The van der Waals surface area contributed by atoms with Gasteiger partial charge in [-0.1, -0.05) is 38.3 Å². The fraction of sp³-hybridized carbons (Fsp3) is 0.476. The molecule has 1 amide bonds. The van der Waals surface area contributed by atoms with Crippen molar-refractivity contribution in [3.8, 4) is 5.75 Å². The van der Waals surface area contributed by atoms with E-state index in [1.54, 1.807) is 6.07 Å². The van der Waals surface area contributed by atoms with E-state index in [0.29, 0.717) is 25.8 Å². The van der Waals surface area contributed by atoms with E-state index in [-0.39, 0.29) is 29.0 Å². The molecule has 1 aliphatic carbocycles. The van der Waals surface area contributed by atoms with Crippen molar-refractivity contribution >= 4 is 23.1 Å².